The van der Waals surface area contributed by atoms with E-state index < -0.39 is 12.1 Å². The normalized spacial score (nSPS) is 12.6. The number of esters is 1. The van der Waals surface area contributed by atoms with Gasteiger partial charge in [0.05, 0.1) is 25.4 Å². The molecular formula is C75H145NO5. The minimum atomic E-state index is -0.844. The van der Waals surface area contributed by atoms with E-state index in [-0.39, 0.29) is 18.5 Å². The van der Waals surface area contributed by atoms with Gasteiger partial charge in [-0.15, -0.1) is 0 Å². The molecule has 0 spiro atoms. The van der Waals surface area contributed by atoms with E-state index in [4.69, 9.17) is 4.74 Å². The lowest BCUT2D eigenvalue weighted by Gasteiger charge is -2.20. The second-order valence-electron chi connectivity index (χ2n) is 25.6. The van der Waals surface area contributed by atoms with Crippen LogP contribution in [0.3, 0.4) is 0 Å². The van der Waals surface area contributed by atoms with Crippen LogP contribution in [0.4, 0.5) is 0 Å². The van der Waals surface area contributed by atoms with Crippen molar-refractivity contribution < 1.29 is 24.5 Å². The lowest BCUT2D eigenvalue weighted by molar-refractivity contribution is -0.143. The van der Waals surface area contributed by atoms with Gasteiger partial charge in [0.15, 0.2) is 0 Å². The molecule has 0 fully saturated rings. The molecule has 6 nitrogen and oxygen atoms in total. The van der Waals surface area contributed by atoms with Gasteiger partial charge < -0.3 is 20.3 Å². The number of carbonyl (C=O) groups is 2. The van der Waals surface area contributed by atoms with Crippen LogP contribution in [0.15, 0.2) is 24.3 Å². The number of ether oxygens (including phenoxy) is 1. The fourth-order valence-electron chi connectivity index (χ4n) is 11.8. The number of aliphatic hydroxyl groups is 2. The molecule has 0 saturated heterocycles. The van der Waals surface area contributed by atoms with Crippen LogP contribution < -0.4 is 5.32 Å². The highest BCUT2D eigenvalue weighted by molar-refractivity contribution is 5.76. The van der Waals surface area contributed by atoms with Crippen molar-refractivity contribution in [2.24, 2.45) is 0 Å². The standard InChI is InChI=1S/C75H145NO5/c1-3-5-7-9-11-13-15-17-19-21-22-23-29-32-36-39-43-47-51-55-59-63-67-73(78)72(71-77)76-74(79)68-64-60-56-52-48-44-40-37-33-30-27-25-24-26-28-31-34-38-42-46-50-54-58-62-66-70-81-75(80)69-65-61-57-53-49-45-41-35-20-18-16-14-12-10-8-6-4-2/h18,20,63,67,72-73,77-78H,3-17,19,21-62,64-66,68-71H2,1-2H3,(H,76,79)/b20-18-,67-63+. The Hall–Kier alpha value is -1.66. The van der Waals surface area contributed by atoms with Gasteiger partial charge >= 0.3 is 5.97 Å². The molecule has 0 aliphatic heterocycles. The summed E-state index contributed by atoms with van der Waals surface area (Å²) in [6.07, 6.45) is 89.8. The summed E-state index contributed by atoms with van der Waals surface area (Å²) >= 11 is 0. The predicted molar refractivity (Wildman–Crippen MR) is 356 cm³/mol. The molecule has 0 bridgehead atoms. The maximum Gasteiger partial charge on any atom is 0.305 e. The maximum atomic E-state index is 12.5. The van der Waals surface area contributed by atoms with Crippen molar-refractivity contribution in [2.45, 2.75) is 431 Å². The molecule has 0 aromatic carbocycles. The summed E-state index contributed by atoms with van der Waals surface area (Å²) in [5.74, 6) is -0.0480. The molecule has 0 radical (unpaired) electrons. The summed E-state index contributed by atoms with van der Waals surface area (Å²) in [6, 6.07) is -0.628. The van der Waals surface area contributed by atoms with Crippen molar-refractivity contribution in [2.75, 3.05) is 13.2 Å². The largest absolute Gasteiger partial charge is 0.466 e. The van der Waals surface area contributed by atoms with E-state index in [0.717, 1.165) is 44.9 Å². The zero-order valence-corrected chi connectivity index (χ0v) is 55.0. The molecule has 0 aromatic rings. The second-order valence-corrected chi connectivity index (χ2v) is 25.6. The number of carbonyl (C=O) groups excluding carboxylic acids is 2. The van der Waals surface area contributed by atoms with Crippen molar-refractivity contribution in [1.82, 2.24) is 5.32 Å². The smallest absolute Gasteiger partial charge is 0.305 e. The minimum Gasteiger partial charge on any atom is -0.466 e. The first-order valence-electron chi connectivity index (χ1n) is 37.1. The van der Waals surface area contributed by atoms with Gasteiger partial charge in [-0.25, -0.2) is 0 Å². The molecule has 0 heterocycles. The Balaban J connectivity index is 3.38. The van der Waals surface area contributed by atoms with Gasteiger partial charge in [0.25, 0.3) is 0 Å². The van der Waals surface area contributed by atoms with Gasteiger partial charge in [-0.2, -0.15) is 0 Å². The zero-order chi connectivity index (χ0) is 58.5. The third kappa shape index (κ3) is 67.3. The van der Waals surface area contributed by atoms with Crippen LogP contribution in [0.2, 0.25) is 0 Å². The number of nitrogens with one attached hydrogen (secondary N) is 1. The summed E-state index contributed by atoms with van der Waals surface area (Å²) in [5.41, 5.74) is 0. The van der Waals surface area contributed by atoms with Crippen molar-refractivity contribution in [3.8, 4) is 0 Å². The van der Waals surface area contributed by atoms with Crippen molar-refractivity contribution in [3.63, 3.8) is 0 Å². The highest BCUT2D eigenvalue weighted by atomic mass is 16.5. The number of hydrogen-bond acceptors (Lipinski definition) is 5. The van der Waals surface area contributed by atoms with Crippen LogP contribution in [-0.4, -0.2) is 47.4 Å². The molecule has 81 heavy (non-hydrogen) atoms. The number of aliphatic hydroxyl groups excluding tert-OH is 2. The van der Waals surface area contributed by atoms with Gasteiger partial charge in [-0.1, -0.05) is 372 Å². The third-order valence-corrected chi connectivity index (χ3v) is 17.5. The van der Waals surface area contributed by atoms with Crippen molar-refractivity contribution in [1.29, 1.82) is 0 Å². The molecule has 3 N–H and O–H groups in total. The van der Waals surface area contributed by atoms with Crippen LogP contribution in [0, 0.1) is 0 Å². The molecule has 1 amide bonds. The van der Waals surface area contributed by atoms with Crippen molar-refractivity contribution >= 4 is 11.9 Å². The van der Waals surface area contributed by atoms with Gasteiger partial charge in [-0.3, -0.25) is 9.59 Å². The second kappa shape index (κ2) is 70.8. The maximum absolute atomic E-state index is 12.5. The first-order valence-corrected chi connectivity index (χ1v) is 37.1. The van der Waals surface area contributed by atoms with Crippen LogP contribution in [0.1, 0.15) is 418 Å². The summed E-state index contributed by atoms with van der Waals surface area (Å²) in [5, 5.41) is 23.3. The van der Waals surface area contributed by atoms with E-state index >= 15 is 0 Å². The monoisotopic (exact) mass is 1140 g/mol. The molecular weight excluding hydrogens is 995 g/mol. The number of rotatable bonds is 70. The van der Waals surface area contributed by atoms with Crippen LogP contribution in [0.25, 0.3) is 0 Å². The van der Waals surface area contributed by atoms with E-state index in [1.54, 1.807) is 6.08 Å². The first kappa shape index (κ1) is 79.3. The Bertz CT molecular complexity index is 1270. The number of unbranched alkanes of at least 4 members (excludes halogenated alkanes) is 57. The predicted octanol–water partition coefficient (Wildman–Crippen LogP) is 24.1. The molecule has 0 aliphatic rings. The molecule has 6 heteroatoms. The van der Waals surface area contributed by atoms with E-state index in [2.05, 4.69) is 31.3 Å². The Kier molecular flexibility index (Phi) is 69.4. The lowest BCUT2D eigenvalue weighted by atomic mass is 10.0. The summed E-state index contributed by atoms with van der Waals surface area (Å²) in [4.78, 5) is 24.6. The molecule has 0 aliphatic carbocycles. The Morgan fingerprint density at radius 1 is 0.333 bits per heavy atom. The molecule has 0 rings (SSSR count). The number of hydrogen-bond donors (Lipinski definition) is 3. The average molecular weight is 1140 g/mol. The Labute approximate surface area is 507 Å². The van der Waals surface area contributed by atoms with E-state index in [1.165, 1.54) is 347 Å². The fourth-order valence-corrected chi connectivity index (χ4v) is 11.8. The molecule has 0 aromatic heterocycles. The Morgan fingerprint density at radius 2 is 0.580 bits per heavy atom. The lowest BCUT2D eigenvalue weighted by Crippen LogP contribution is -2.45. The summed E-state index contributed by atoms with van der Waals surface area (Å²) in [7, 11) is 0. The quantitative estimate of drug-likeness (QED) is 0.0320. The van der Waals surface area contributed by atoms with Crippen LogP contribution >= 0.6 is 0 Å². The SMILES string of the molecule is CCCCCCCC/C=C\CCCCCCCCCC(=O)OCCCCCCCCCCCCCCCCCCCCCCCCCCCC(=O)NC(CO)C(O)/C=C/CCCCCCCCCCCCCCCCCCCCCC. The topological polar surface area (TPSA) is 95.9 Å². The van der Waals surface area contributed by atoms with Crippen molar-refractivity contribution in [3.05, 3.63) is 24.3 Å². The fraction of sp³-hybridized carbons (Fsp3) is 0.920. The Morgan fingerprint density at radius 3 is 0.877 bits per heavy atom. The van der Waals surface area contributed by atoms with Crippen LogP contribution in [0.5, 0.6) is 0 Å². The first-order chi connectivity index (χ1) is 40.0. The van der Waals surface area contributed by atoms with E-state index in [9.17, 15) is 19.8 Å². The molecule has 2 atom stereocenters. The summed E-state index contributed by atoms with van der Waals surface area (Å²) in [6.45, 7) is 4.94. The van der Waals surface area contributed by atoms with Gasteiger partial charge in [0.2, 0.25) is 5.91 Å². The number of allylic oxidation sites excluding steroid dienone is 3. The highest BCUT2D eigenvalue weighted by Crippen LogP contribution is 2.19. The molecule has 480 valence electrons. The van der Waals surface area contributed by atoms with Gasteiger partial charge in [-0.05, 0) is 57.8 Å². The van der Waals surface area contributed by atoms with Crippen LogP contribution in [-0.2, 0) is 14.3 Å². The number of amides is 1. The third-order valence-electron chi connectivity index (χ3n) is 17.5. The van der Waals surface area contributed by atoms with E-state index in [1.807, 2.05) is 6.08 Å². The minimum absolute atomic E-state index is 0.0136. The average Bonchev–Trinajstić information content (AvgIpc) is 3.47. The highest BCUT2D eigenvalue weighted by Gasteiger charge is 2.18. The van der Waals surface area contributed by atoms with E-state index in [0.29, 0.717) is 19.4 Å². The zero-order valence-electron chi connectivity index (χ0n) is 55.0. The molecule has 2 unspecified atom stereocenters. The molecule has 0 saturated carbocycles. The van der Waals surface area contributed by atoms with Gasteiger partial charge in [0, 0.05) is 12.8 Å². The van der Waals surface area contributed by atoms with Gasteiger partial charge in [0.1, 0.15) is 0 Å². The summed E-state index contributed by atoms with van der Waals surface area (Å²) < 4.78 is 5.50.